The molecule has 1 aliphatic heterocycles. The number of anilines is 1. The maximum absolute atomic E-state index is 10.8. The van der Waals surface area contributed by atoms with Crippen LogP contribution in [0.2, 0.25) is 0 Å². The molecule has 4 nitrogen and oxygen atoms in total. The lowest BCUT2D eigenvalue weighted by atomic mass is 10.2. The van der Waals surface area contributed by atoms with Gasteiger partial charge < -0.3 is 14.8 Å². The van der Waals surface area contributed by atoms with Crippen molar-refractivity contribution in [2.24, 2.45) is 0 Å². The molecule has 1 aromatic rings. The number of nitrogens with one attached hydrogen (secondary N) is 1. The number of fused-ring (bicyclic) bond motifs is 1. The maximum atomic E-state index is 10.8. The smallest absolute Gasteiger partial charge is 0.438 e. The van der Waals surface area contributed by atoms with E-state index in [9.17, 15) is 4.79 Å². The summed E-state index contributed by atoms with van der Waals surface area (Å²) in [7, 11) is 1.30. The molecule has 0 saturated carbocycles. The molecule has 0 amide bonds. The van der Waals surface area contributed by atoms with Gasteiger partial charge in [-0.1, -0.05) is 18.2 Å². The first kappa shape index (κ1) is 8.87. The molecule has 0 spiro atoms. The molecular weight excluding hydrogens is 182 g/mol. The SMILES string of the molecule is COC(=O)O[C@@H]1Cc2ccccc2N1. The van der Waals surface area contributed by atoms with Crippen molar-refractivity contribution in [2.45, 2.75) is 12.6 Å². The molecule has 0 aliphatic carbocycles. The second kappa shape index (κ2) is 3.57. The molecule has 0 unspecified atom stereocenters. The quantitative estimate of drug-likeness (QED) is 0.690. The normalized spacial score (nSPS) is 18.2. The number of rotatable bonds is 1. The highest BCUT2D eigenvalue weighted by atomic mass is 16.7. The van der Waals surface area contributed by atoms with Crippen molar-refractivity contribution < 1.29 is 14.3 Å². The van der Waals surface area contributed by atoms with Crippen LogP contribution in [0.5, 0.6) is 0 Å². The summed E-state index contributed by atoms with van der Waals surface area (Å²) in [4.78, 5) is 10.8. The average molecular weight is 193 g/mol. The van der Waals surface area contributed by atoms with Crippen LogP contribution in [0.25, 0.3) is 0 Å². The molecule has 0 radical (unpaired) electrons. The zero-order valence-electron chi connectivity index (χ0n) is 7.82. The number of para-hydroxylation sites is 1. The van der Waals surface area contributed by atoms with Crippen molar-refractivity contribution in [1.29, 1.82) is 0 Å². The van der Waals surface area contributed by atoms with Gasteiger partial charge in [0.1, 0.15) is 0 Å². The van der Waals surface area contributed by atoms with E-state index in [0.29, 0.717) is 6.42 Å². The standard InChI is InChI=1S/C10H11NO3/c1-13-10(12)14-9-6-7-4-2-3-5-8(7)11-9/h2-5,9,11H,6H2,1H3/t9-/m1/s1. The number of carbonyl (C=O) groups excluding carboxylic acids is 1. The fourth-order valence-electron chi connectivity index (χ4n) is 1.50. The van der Waals surface area contributed by atoms with Gasteiger partial charge in [0, 0.05) is 12.1 Å². The molecule has 4 heteroatoms. The van der Waals surface area contributed by atoms with Crippen LogP contribution in [0.1, 0.15) is 5.56 Å². The largest absolute Gasteiger partial charge is 0.509 e. The molecular formula is C10H11NO3. The summed E-state index contributed by atoms with van der Waals surface area (Å²) >= 11 is 0. The molecule has 0 bridgehead atoms. The highest BCUT2D eigenvalue weighted by Gasteiger charge is 2.23. The third kappa shape index (κ3) is 1.64. The van der Waals surface area contributed by atoms with Gasteiger partial charge in [0.2, 0.25) is 0 Å². The zero-order chi connectivity index (χ0) is 9.97. The summed E-state index contributed by atoms with van der Waals surface area (Å²) in [6, 6.07) is 7.85. The summed E-state index contributed by atoms with van der Waals surface area (Å²) in [6.07, 6.45) is -0.277. The summed E-state index contributed by atoms with van der Waals surface area (Å²) in [5.41, 5.74) is 2.17. The van der Waals surface area contributed by atoms with Crippen LogP contribution in [-0.2, 0) is 15.9 Å². The Bertz CT molecular complexity index is 326. The third-order valence-electron chi connectivity index (χ3n) is 2.14. The molecule has 1 aromatic carbocycles. The number of methoxy groups -OCH3 is 1. The highest BCUT2D eigenvalue weighted by Crippen LogP contribution is 2.25. The fourth-order valence-corrected chi connectivity index (χ4v) is 1.50. The van der Waals surface area contributed by atoms with E-state index < -0.39 is 6.16 Å². The Balaban J connectivity index is 2.01. The van der Waals surface area contributed by atoms with Crippen molar-refractivity contribution in [2.75, 3.05) is 12.4 Å². The Morgan fingerprint density at radius 1 is 1.50 bits per heavy atom. The summed E-state index contributed by atoms with van der Waals surface area (Å²) in [6.45, 7) is 0. The predicted molar refractivity (Wildman–Crippen MR) is 51.0 cm³/mol. The monoisotopic (exact) mass is 193 g/mol. The molecule has 0 aromatic heterocycles. The number of carbonyl (C=O) groups is 1. The summed E-state index contributed by atoms with van der Waals surface area (Å²) < 4.78 is 9.38. The lowest BCUT2D eigenvalue weighted by Crippen LogP contribution is -2.23. The van der Waals surface area contributed by atoms with Crippen LogP contribution >= 0.6 is 0 Å². The summed E-state index contributed by atoms with van der Waals surface area (Å²) in [5.74, 6) is 0. The minimum absolute atomic E-state index is 0.306. The zero-order valence-corrected chi connectivity index (χ0v) is 7.82. The van der Waals surface area contributed by atoms with Gasteiger partial charge in [0.05, 0.1) is 7.11 Å². The van der Waals surface area contributed by atoms with Gasteiger partial charge in [-0.05, 0) is 11.6 Å². The summed E-state index contributed by atoms with van der Waals surface area (Å²) in [5, 5.41) is 3.08. The number of benzene rings is 1. The minimum Gasteiger partial charge on any atom is -0.438 e. The predicted octanol–water partition coefficient (Wildman–Crippen LogP) is 1.76. The molecule has 1 atom stereocenters. The second-order valence-corrected chi connectivity index (χ2v) is 3.07. The molecule has 74 valence electrons. The maximum Gasteiger partial charge on any atom is 0.509 e. The first-order valence-electron chi connectivity index (χ1n) is 4.38. The van der Waals surface area contributed by atoms with Crippen molar-refractivity contribution in [3.05, 3.63) is 29.8 Å². The molecule has 0 fully saturated rings. The van der Waals surface area contributed by atoms with E-state index in [1.807, 2.05) is 24.3 Å². The van der Waals surface area contributed by atoms with Crippen molar-refractivity contribution in [3.8, 4) is 0 Å². The Labute approximate surface area is 81.8 Å². The Morgan fingerprint density at radius 2 is 2.29 bits per heavy atom. The van der Waals surface area contributed by atoms with E-state index >= 15 is 0 Å². The lowest BCUT2D eigenvalue weighted by molar-refractivity contribution is 0.0488. The van der Waals surface area contributed by atoms with Crippen molar-refractivity contribution in [3.63, 3.8) is 0 Å². The average Bonchev–Trinajstić information content (AvgIpc) is 2.59. The van der Waals surface area contributed by atoms with E-state index in [0.717, 1.165) is 11.3 Å². The van der Waals surface area contributed by atoms with Gasteiger partial charge in [-0.25, -0.2) is 4.79 Å². The van der Waals surface area contributed by atoms with Gasteiger partial charge in [0.25, 0.3) is 0 Å². The van der Waals surface area contributed by atoms with Crippen molar-refractivity contribution in [1.82, 2.24) is 0 Å². The number of hydrogen-bond donors (Lipinski definition) is 1. The molecule has 2 rings (SSSR count). The van der Waals surface area contributed by atoms with Crippen LogP contribution in [0.3, 0.4) is 0 Å². The van der Waals surface area contributed by atoms with Gasteiger partial charge in [0.15, 0.2) is 6.23 Å². The molecule has 14 heavy (non-hydrogen) atoms. The second-order valence-electron chi connectivity index (χ2n) is 3.07. The Morgan fingerprint density at radius 3 is 3.00 bits per heavy atom. The number of hydrogen-bond acceptors (Lipinski definition) is 4. The molecule has 0 saturated heterocycles. The first-order chi connectivity index (χ1) is 6.79. The third-order valence-corrected chi connectivity index (χ3v) is 2.14. The van der Waals surface area contributed by atoms with Crippen LogP contribution in [-0.4, -0.2) is 19.5 Å². The Kier molecular flexibility index (Phi) is 2.26. The van der Waals surface area contributed by atoms with Crippen LogP contribution in [0.4, 0.5) is 10.5 Å². The van der Waals surface area contributed by atoms with E-state index in [1.165, 1.54) is 7.11 Å². The van der Waals surface area contributed by atoms with Crippen LogP contribution < -0.4 is 5.32 Å². The molecule has 1 aliphatic rings. The van der Waals surface area contributed by atoms with Crippen LogP contribution in [0.15, 0.2) is 24.3 Å². The number of ether oxygens (including phenoxy) is 2. The molecule has 1 N–H and O–H groups in total. The van der Waals surface area contributed by atoms with Gasteiger partial charge in [-0.2, -0.15) is 0 Å². The van der Waals surface area contributed by atoms with Crippen LogP contribution in [0, 0.1) is 0 Å². The van der Waals surface area contributed by atoms with Gasteiger partial charge in [-0.3, -0.25) is 0 Å². The van der Waals surface area contributed by atoms with Gasteiger partial charge >= 0.3 is 6.16 Å². The van der Waals surface area contributed by atoms with Gasteiger partial charge in [-0.15, -0.1) is 0 Å². The lowest BCUT2D eigenvalue weighted by Gasteiger charge is -2.10. The fraction of sp³-hybridized carbons (Fsp3) is 0.300. The topological polar surface area (TPSA) is 47.6 Å². The highest BCUT2D eigenvalue weighted by molar-refractivity contribution is 5.62. The minimum atomic E-state index is -0.657. The van der Waals surface area contributed by atoms with E-state index in [4.69, 9.17) is 4.74 Å². The van der Waals surface area contributed by atoms with Crippen molar-refractivity contribution >= 4 is 11.8 Å². The molecule has 1 heterocycles. The first-order valence-corrected chi connectivity index (χ1v) is 4.38. The van der Waals surface area contributed by atoms with E-state index in [1.54, 1.807) is 0 Å². The van der Waals surface area contributed by atoms with E-state index in [-0.39, 0.29) is 6.23 Å². The van der Waals surface area contributed by atoms with E-state index in [2.05, 4.69) is 10.1 Å². The Hall–Kier alpha value is -1.71.